The highest BCUT2D eigenvalue weighted by Gasteiger charge is 2.40. The van der Waals surface area contributed by atoms with Crippen LogP contribution in [0.5, 0.6) is 0 Å². The lowest BCUT2D eigenvalue weighted by Gasteiger charge is -2.45. The summed E-state index contributed by atoms with van der Waals surface area (Å²) < 4.78 is 16.7. The molecule has 0 amide bonds. The molecule has 1 aromatic heterocycles. The highest BCUT2D eigenvalue weighted by atomic mass is 16.5. The molecule has 1 atom stereocenters. The van der Waals surface area contributed by atoms with Crippen molar-refractivity contribution in [1.82, 2.24) is 10.1 Å². The summed E-state index contributed by atoms with van der Waals surface area (Å²) in [5.41, 5.74) is 0.0524. The Morgan fingerprint density at radius 2 is 2.21 bits per heavy atom. The average Bonchev–Trinajstić information content (AvgIpc) is 2.92. The van der Waals surface area contributed by atoms with Gasteiger partial charge < -0.3 is 14.0 Å². The molecule has 1 unspecified atom stereocenters. The Bertz CT molecular complexity index is 382. The SMILES string of the molecule is CN(Cc1ccno1)C1CCOC2(CCOCC2)C1. The quantitative estimate of drug-likeness (QED) is 0.835. The zero-order valence-corrected chi connectivity index (χ0v) is 11.5. The standard InChI is InChI=1S/C14H22N2O3/c1-16(11-13-2-6-15-19-13)12-3-7-18-14(10-12)4-8-17-9-5-14/h2,6,12H,3-5,7-11H2,1H3. The zero-order valence-electron chi connectivity index (χ0n) is 11.5. The van der Waals surface area contributed by atoms with Gasteiger partial charge in [-0.05, 0) is 32.7 Å². The van der Waals surface area contributed by atoms with Crippen molar-refractivity contribution in [3.05, 3.63) is 18.0 Å². The Labute approximate surface area is 113 Å². The fourth-order valence-corrected chi connectivity index (χ4v) is 3.17. The maximum Gasteiger partial charge on any atom is 0.150 e. The average molecular weight is 266 g/mol. The van der Waals surface area contributed by atoms with Crippen molar-refractivity contribution in [2.24, 2.45) is 0 Å². The summed E-state index contributed by atoms with van der Waals surface area (Å²) in [6.07, 6.45) is 5.95. The first kappa shape index (κ1) is 13.1. The van der Waals surface area contributed by atoms with Crippen LogP contribution >= 0.6 is 0 Å². The van der Waals surface area contributed by atoms with Gasteiger partial charge in [0.15, 0.2) is 5.76 Å². The Hall–Kier alpha value is -0.910. The molecule has 0 saturated carbocycles. The van der Waals surface area contributed by atoms with E-state index in [-0.39, 0.29) is 5.60 Å². The molecule has 3 rings (SSSR count). The Morgan fingerprint density at radius 3 is 2.95 bits per heavy atom. The maximum atomic E-state index is 6.08. The van der Waals surface area contributed by atoms with Crippen LogP contribution in [0.1, 0.15) is 31.4 Å². The van der Waals surface area contributed by atoms with Gasteiger partial charge in [-0.25, -0.2) is 0 Å². The van der Waals surface area contributed by atoms with Gasteiger partial charge in [0.05, 0.1) is 18.3 Å². The molecule has 2 aliphatic rings. The Morgan fingerprint density at radius 1 is 1.37 bits per heavy atom. The van der Waals surface area contributed by atoms with Crippen LogP contribution in [0, 0.1) is 0 Å². The molecule has 0 aromatic carbocycles. The van der Waals surface area contributed by atoms with Gasteiger partial charge in [0.25, 0.3) is 0 Å². The van der Waals surface area contributed by atoms with Gasteiger partial charge in [0.2, 0.25) is 0 Å². The third-order valence-corrected chi connectivity index (χ3v) is 4.39. The van der Waals surface area contributed by atoms with Crippen LogP contribution in [-0.2, 0) is 16.0 Å². The normalized spacial score (nSPS) is 26.9. The van der Waals surface area contributed by atoms with E-state index in [2.05, 4.69) is 17.1 Å². The molecule has 1 spiro atoms. The molecule has 0 N–H and O–H groups in total. The van der Waals surface area contributed by atoms with Crippen LogP contribution in [0.25, 0.3) is 0 Å². The first-order chi connectivity index (χ1) is 9.27. The highest BCUT2D eigenvalue weighted by Crippen LogP contribution is 2.36. The molecular weight excluding hydrogens is 244 g/mol. The predicted octanol–water partition coefficient (Wildman–Crippen LogP) is 1.83. The first-order valence-corrected chi connectivity index (χ1v) is 7.09. The van der Waals surface area contributed by atoms with Crippen molar-refractivity contribution in [2.75, 3.05) is 26.9 Å². The smallest absolute Gasteiger partial charge is 0.150 e. The van der Waals surface area contributed by atoms with Crippen molar-refractivity contribution < 1.29 is 14.0 Å². The molecule has 0 radical (unpaired) electrons. The van der Waals surface area contributed by atoms with E-state index >= 15 is 0 Å². The summed E-state index contributed by atoms with van der Waals surface area (Å²) in [5.74, 6) is 0.926. The summed E-state index contributed by atoms with van der Waals surface area (Å²) in [4.78, 5) is 2.36. The third kappa shape index (κ3) is 2.99. The number of rotatable bonds is 3. The van der Waals surface area contributed by atoms with Gasteiger partial charge in [-0.15, -0.1) is 0 Å². The molecule has 19 heavy (non-hydrogen) atoms. The lowest BCUT2D eigenvalue weighted by atomic mass is 9.83. The van der Waals surface area contributed by atoms with E-state index in [9.17, 15) is 0 Å². The topological polar surface area (TPSA) is 47.7 Å². The van der Waals surface area contributed by atoms with Crippen molar-refractivity contribution in [2.45, 2.75) is 43.9 Å². The highest BCUT2D eigenvalue weighted by molar-refractivity contribution is 4.96. The molecule has 2 fully saturated rings. The minimum Gasteiger partial charge on any atom is -0.381 e. The van der Waals surface area contributed by atoms with E-state index < -0.39 is 0 Å². The molecule has 0 bridgehead atoms. The minimum atomic E-state index is 0.0524. The second-order valence-electron chi connectivity index (χ2n) is 5.68. The Kier molecular flexibility index (Phi) is 3.86. The predicted molar refractivity (Wildman–Crippen MR) is 69.7 cm³/mol. The number of hydrogen-bond donors (Lipinski definition) is 0. The van der Waals surface area contributed by atoms with Crippen LogP contribution in [0.3, 0.4) is 0 Å². The number of nitrogens with zero attached hydrogens (tertiary/aromatic N) is 2. The van der Waals surface area contributed by atoms with Crippen LogP contribution in [0.2, 0.25) is 0 Å². The molecule has 2 aliphatic heterocycles. The third-order valence-electron chi connectivity index (χ3n) is 4.39. The summed E-state index contributed by atoms with van der Waals surface area (Å²) in [5, 5.41) is 3.76. The van der Waals surface area contributed by atoms with Crippen LogP contribution < -0.4 is 0 Å². The minimum absolute atomic E-state index is 0.0524. The van der Waals surface area contributed by atoms with Gasteiger partial charge >= 0.3 is 0 Å². The molecule has 3 heterocycles. The van der Waals surface area contributed by atoms with Gasteiger partial charge in [-0.3, -0.25) is 4.90 Å². The Balaban J connectivity index is 1.61. The number of hydrogen-bond acceptors (Lipinski definition) is 5. The number of aromatic nitrogens is 1. The summed E-state index contributed by atoms with van der Waals surface area (Å²) in [6.45, 7) is 3.33. The van der Waals surface area contributed by atoms with E-state index in [0.29, 0.717) is 6.04 Å². The van der Waals surface area contributed by atoms with Crippen molar-refractivity contribution >= 4 is 0 Å². The van der Waals surface area contributed by atoms with Crippen LogP contribution in [0.15, 0.2) is 16.8 Å². The largest absolute Gasteiger partial charge is 0.381 e. The van der Waals surface area contributed by atoms with Crippen molar-refractivity contribution in [3.8, 4) is 0 Å². The zero-order chi connectivity index (χ0) is 13.1. The summed E-state index contributed by atoms with van der Waals surface area (Å²) in [6, 6.07) is 2.48. The van der Waals surface area contributed by atoms with E-state index in [0.717, 1.165) is 57.8 Å². The van der Waals surface area contributed by atoms with Crippen molar-refractivity contribution in [1.29, 1.82) is 0 Å². The lowest BCUT2D eigenvalue weighted by molar-refractivity contribution is -0.150. The molecule has 0 aliphatic carbocycles. The summed E-state index contributed by atoms with van der Waals surface area (Å²) in [7, 11) is 2.16. The molecule has 1 aromatic rings. The fraction of sp³-hybridized carbons (Fsp3) is 0.786. The van der Waals surface area contributed by atoms with E-state index in [4.69, 9.17) is 14.0 Å². The van der Waals surface area contributed by atoms with E-state index in [1.165, 1.54) is 0 Å². The second-order valence-corrected chi connectivity index (χ2v) is 5.68. The molecular formula is C14H22N2O3. The first-order valence-electron chi connectivity index (χ1n) is 7.09. The van der Waals surface area contributed by atoms with Crippen LogP contribution in [0.4, 0.5) is 0 Å². The van der Waals surface area contributed by atoms with Gasteiger partial charge in [-0.1, -0.05) is 5.16 Å². The van der Waals surface area contributed by atoms with E-state index in [1.54, 1.807) is 6.20 Å². The van der Waals surface area contributed by atoms with Crippen LogP contribution in [-0.4, -0.2) is 48.6 Å². The van der Waals surface area contributed by atoms with Gasteiger partial charge in [-0.2, -0.15) is 0 Å². The lowest BCUT2D eigenvalue weighted by Crippen LogP contribution is -2.50. The van der Waals surface area contributed by atoms with Gasteiger partial charge in [0, 0.05) is 31.9 Å². The molecule has 2 saturated heterocycles. The van der Waals surface area contributed by atoms with Gasteiger partial charge in [0.1, 0.15) is 0 Å². The fourth-order valence-electron chi connectivity index (χ4n) is 3.17. The maximum absolute atomic E-state index is 6.08. The monoisotopic (exact) mass is 266 g/mol. The second kappa shape index (κ2) is 5.61. The molecule has 5 nitrogen and oxygen atoms in total. The summed E-state index contributed by atoms with van der Waals surface area (Å²) >= 11 is 0. The molecule has 106 valence electrons. The molecule has 5 heteroatoms. The van der Waals surface area contributed by atoms with E-state index in [1.807, 2.05) is 6.07 Å². The van der Waals surface area contributed by atoms with Crippen molar-refractivity contribution in [3.63, 3.8) is 0 Å². The number of ether oxygens (including phenoxy) is 2.